The minimum absolute atomic E-state index is 0.0448. The number of nitrogens with one attached hydrogen (secondary N) is 1. The summed E-state index contributed by atoms with van der Waals surface area (Å²) in [5, 5.41) is 3.42. The molecule has 1 aliphatic carbocycles. The molecule has 0 aliphatic heterocycles. The lowest BCUT2D eigenvalue weighted by molar-refractivity contribution is 0.0891. The highest BCUT2D eigenvalue weighted by Gasteiger charge is 2.23. The zero-order valence-electron chi connectivity index (χ0n) is 14.1. The van der Waals surface area contributed by atoms with Gasteiger partial charge in [-0.15, -0.1) is 0 Å². The summed E-state index contributed by atoms with van der Waals surface area (Å²) < 4.78 is 10.8. The molecule has 1 aromatic heterocycles. The molecule has 5 heteroatoms. The van der Waals surface area contributed by atoms with E-state index >= 15 is 0 Å². The summed E-state index contributed by atoms with van der Waals surface area (Å²) in [5.41, 5.74) is 0.131. The molecular weight excluding hydrogens is 306 g/mol. The zero-order valence-corrected chi connectivity index (χ0v) is 14.1. The molecule has 0 spiro atoms. The van der Waals surface area contributed by atoms with Crippen LogP contribution in [0.4, 0.5) is 0 Å². The van der Waals surface area contributed by atoms with Gasteiger partial charge in [0.2, 0.25) is 0 Å². The van der Waals surface area contributed by atoms with E-state index in [1.807, 2.05) is 6.92 Å². The van der Waals surface area contributed by atoms with E-state index in [2.05, 4.69) is 5.32 Å². The maximum atomic E-state index is 12.5. The number of rotatable bonds is 4. The Morgan fingerprint density at radius 1 is 1.25 bits per heavy atom. The highest BCUT2D eigenvalue weighted by Crippen LogP contribution is 2.26. The third-order valence-electron chi connectivity index (χ3n) is 4.88. The Bertz CT molecular complexity index is 790. The number of hydrogen-bond acceptors (Lipinski definition) is 4. The molecule has 0 bridgehead atoms. The molecule has 24 heavy (non-hydrogen) atoms. The first-order valence-electron chi connectivity index (χ1n) is 8.51. The molecule has 2 aromatic rings. The van der Waals surface area contributed by atoms with Crippen molar-refractivity contribution >= 4 is 16.9 Å². The average molecular weight is 329 g/mol. The molecule has 0 saturated heterocycles. The van der Waals surface area contributed by atoms with E-state index in [-0.39, 0.29) is 23.1 Å². The van der Waals surface area contributed by atoms with Crippen molar-refractivity contribution in [2.24, 2.45) is 5.92 Å². The molecular formula is C19H23NO4. The molecule has 1 amide bonds. The predicted octanol–water partition coefficient (Wildman–Crippen LogP) is 3.50. The number of carbonyl (C=O) groups is 1. The Labute approximate surface area is 141 Å². The average Bonchev–Trinajstić information content (AvgIpc) is 2.61. The van der Waals surface area contributed by atoms with E-state index in [4.69, 9.17) is 9.15 Å². The summed E-state index contributed by atoms with van der Waals surface area (Å²) in [5.74, 6) is 0.784. The highest BCUT2D eigenvalue weighted by molar-refractivity contribution is 5.93. The lowest BCUT2D eigenvalue weighted by Crippen LogP contribution is -2.39. The van der Waals surface area contributed by atoms with Crippen LogP contribution >= 0.6 is 0 Å². The second-order valence-electron chi connectivity index (χ2n) is 6.50. The minimum atomic E-state index is -0.338. The zero-order chi connectivity index (χ0) is 17.1. The summed E-state index contributed by atoms with van der Waals surface area (Å²) in [7, 11) is 1.54. The number of methoxy groups -OCH3 is 1. The third-order valence-corrected chi connectivity index (χ3v) is 4.88. The van der Waals surface area contributed by atoms with Gasteiger partial charge < -0.3 is 14.5 Å². The summed E-state index contributed by atoms with van der Waals surface area (Å²) >= 11 is 0. The number of ether oxygens (including phenoxy) is 1. The molecule has 0 radical (unpaired) electrons. The van der Waals surface area contributed by atoms with E-state index < -0.39 is 0 Å². The Hall–Kier alpha value is -2.30. The SMILES string of the molecule is COc1ccc2c(=O)cc(C(=O)N[C@@H](C)C3CCCCC3)oc2c1. The molecule has 1 heterocycles. The van der Waals surface area contributed by atoms with Gasteiger partial charge in [0.25, 0.3) is 5.91 Å². The largest absolute Gasteiger partial charge is 0.497 e. The summed E-state index contributed by atoms with van der Waals surface area (Å²) in [6.07, 6.45) is 5.99. The molecule has 1 aromatic carbocycles. The van der Waals surface area contributed by atoms with Crippen molar-refractivity contribution in [2.45, 2.75) is 45.1 Å². The van der Waals surface area contributed by atoms with Gasteiger partial charge >= 0.3 is 0 Å². The number of benzene rings is 1. The predicted molar refractivity (Wildman–Crippen MR) is 92.5 cm³/mol. The second kappa shape index (κ2) is 7.07. The monoisotopic (exact) mass is 329 g/mol. The maximum Gasteiger partial charge on any atom is 0.287 e. The van der Waals surface area contributed by atoms with Gasteiger partial charge in [-0.25, -0.2) is 0 Å². The standard InChI is InChI=1S/C19H23NO4/c1-12(13-6-4-3-5-7-13)20-19(22)18-11-16(21)15-9-8-14(23-2)10-17(15)24-18/h8-13H,3-7H2,1-2H3,(H,20,22)/t12-/m0/s1. The fourth-order valence-corrected chi connectivity index (χ4v) is 3.40. The van der Waals surface area contributed by atoms with Crippen molar-refractivity contribution in [3.63, 3.8) is 0 Å². The van der Waals surface area contributed by atoms with Gasteiger partial charge in [0.1, 0.15) is 11.3 Å². The van der Waals surface area contributed by atoms with Crippen LogP contribution in [0.3, 0.4) is 0 Å². The van der Waals surface area contributed by atoms with E-state index in [1.165, 1.54) is 25.3 Å². The molecule has 1 N–H and O–H groups in total. The van der Waals surface area contributed by atoms with Crippen LogP contribution in [0, 0.1) is 5.92 Å². The Balaban J connectivity index is 1.82. The molecule has 1 atom stereocenters. The van der Waals surface area contributed by atoms with Gasteiger partial charge in [-0.2, -0.15) is 0 Å². The van der Waals surface area contributed by atoms with E-state index in [0.717, 1.165) is 12.8 Å². The summed E-state index contributed by atoms with van der Waals surface area (Å²) in [6.45, 7) is 2.02. The number of carbonyl (C=O) groups excluding carboxylic acids is 1. The van der Waals surface area contributed by atoms with E-state index in [0.29, 0.717) is 22.6 Å². The first-order chi connectivity index (χ1) is 11.6. The number of hydrogen-bond donors (Lipinski definition) is 1. The van der Waals surface area contributed by atoms with Gasteiger partial charge in [-0.05, 0) is 37.8 Å². The van der Waals surface area contributed by atoms with Crippen molar-refractivity contribution in [1.29, 1.82) is 0 Å². The van der Waals surface area contributed by atoms with Crippen molar-refractivity contribution < 1.29 is 13.9 Å². The normalized spacial score (nSPS) is 16.8. The van der Waals surface area contributed by atoms with Crippen molar-refractivity contribution in [3.05, 3.63) is 40.2 Å². The van der Waals surface area contributed by atoms with Gasteiger partial charge in [0, 0.05) is 18.2 Å². The lowest BCUT2D eigenvalue weighted by atomic mass is 9.84. The van der Waals surface area contributed by atoms with Crippen LogP contribution in [0.25, 0.3) is 11.0 Å². The molecule has 128 valence electrons. The van der Waals surface area contributed by atoms with Crippen LogP contribution in [-0.4, -0.2) is 19.1 Å². The van der Waals surface area contributed by atoms with Crippen molar-refractivity contribution in [2.75, 3.05) is 7.11 Å². The van der Waals surface area contributed by atoms with E-state index in [9.17, 15) is 9.59 Å². The lowest BCUT2D eigenvalue weighted by Gasteiger charge is -2.28. The Morgan fingerprint density at radius 3 is 2.71 bits per heavy atom. The minimum Gasteiger partial charge on any atom is -0.497 e. The van der Waals surface area contributed by atoms with Crippen LogP contribution in [0.15, 0.2) is 33.5 Å². The first kappa shape index (κ1) is 16.6. The quantitative estimate of drug-likeness (QED) is 0.932. The molecule has 5 nitrogen and oxygen atoms in total. The Kier molecular flexibility index (Phi) is 4.88. The molecule has 3 rings (SSSR count). The van der Waals surface area contributed by atoms with Crippen LogP contribution in [0.2, 0.25) is 0 Å². The van der Waals surface area contributed by atoms with Gasteiger partial charge in [-0.3, -0.25) is 9.59 Å². The van der Waals surface area contributed by atoms with Crippen LogP contribution < -0.4 is 15.5 Å². The summed E-state index contributed by atoms with van der Waals surface area (Å²) in [4.78, 5) is 24.7. The molecule has 1 saturated carbocycles. The van der Waals surface area contributed by atoms with Gasteiger partial charge in [0.05, 0.1) is 12.5 Å². The second-order valence-corrected chi connectivity index (χ2v) is 6.50. The van der Waals surface area contributed by atoms with E-state index in [1.54, 1.807) is 25.3 Å². The third kappa shape index (κ3) is 3.45. The highest BCUT2D eigenvalue weighted by atomic mass is 16.5. The van der Waals surface area contributed by atoms with Crippen LogP contribution in [0.5, 0.6) is 5.75 Å². The summed E-state index contributed by atoms with van der Waals surface area (Å²) in [6, 6.07) is 6.30. The maximum absolute atomic E-state index is 12.5. The van der Waals surface area contributed by atoms with Crippen molar-refractivity contribution in [1.82, 2.24) is 5.32 Å². The van der Waals surface area contributed by atoms with Crippen LogP contribution in [-0.2, 0) is 0 Å². The van der Waals surface area contributed by atoms with Crippen molar-refractivity contribution in [3.8, 4) is 5.75 Å². The smallest absolute Gasteiger partial charge is 0.287 e. The molecule has 1 aliphatic rings. The fraction of sp³-hybridized carbons (Fsp3) is 0.474. The number of amides is 1. The fourth-order valence-electron chi connectivity index (χ4n) is 3.40. The van der Waals surface area contributed by atoms with Gasteiger partial charge in [0.15, 0.2) is 11.2 Å². The number of fused-ring (bicyclic) bond motifs is 1. The van der Waals surface area contributed by atoms with Crippen LogP contribution in [0.1, 0.15) is 49.6 Å². The van der Waals surface area contributed by atoms with Gasteiger partial charge in [-0.1, -0.05) is 19.3 Å². The molecule has 0 unspecified atom stereocenters. The first-order valence-corrected chi connectivity index (χ1v) is 8.51. The topological polar surface area (TPSA) is 68.5 Å². The molecule has 1 fully saturated rings. The Morgan fingerprint density at radius 2 is 2.00 bits per heavy atom.